The Bertz CT molecular complexity index is 894. The average Bonchev–Trinajstić information content (AvgIpc) is 2.52. The van der Waals surface area contributed by atoms with Crippen molar-refractivity contribution >= 4 is 16.0 Å². The summed E-state index contributed by atoms with van der Waals surface area (Å²) in [6.45, 7) is 5.90. The Kier molecular flexibility index (Phi) is 5.27. The summed E-state index contributed by atoms with van der Waals surface area (Å²) in [6.07, 6.45) is 2.34. The van der Waals surface area contributed by atoms with Gasteiger partial charge < -0.3 is 10.2 Å². The molecule has 7 nitrogen and oxygen atoms in total. The third-order valence-electron chi connectivity index (χ3n) is 4.56. The zero-order chi connectivity index (χ0) is 18.9. The number of benzene rings is 1. The molecule has 3 rings (SSSR count). The molecule has 0 atom stereocenters. The average molecular weight is 375 g/mol. The van der Waals surface area contributed by atoms with Crippen molar-refractivity contribution in [1.29, 1.82) is 0 Å². The molecule has 0 saturated carbocycles. The number of nitrogens with two attached hydrogens (primary N) is 1. The van der Waals surface area contributed by atoms with E-state index in [1.165, 1.54) is 0 Å². The molecule has 2 aromatic rings. The van der Waals surface area contributed by atoms with Crippen LogP contribution in [0.4, 0.5) is 5.95 Å². The zero-order valence-electron chi connectivity index (χ0n) is 15.3. The van der Waals surface area contributed by atoms with Crippen LogP contribution in [-0.4, -0.2) is 44.6 Å². The molecule has 1 aromatic heterocycles. The van der Waals surface area contributed by atoms with Crippen LogP contribution in [0.3, 0.4) is 0 Å². The largest absolute Gasteiger partial charge is 0.338 e. The van der Waals surface area contributed by atoms with Gasteiger partial charge in [-0.25, -0.2) is 23.5 Å². The highest BCUT2D eigenvalue weighted by Crippen LogP contribution is 2.26. The number of primary sulfonamides is 1. The summed E-state index contributed by atoms with van der Waals surface area (Å²) >= 11 is 0. The molecule has 0 unspecified atom stereocenters. The molecular weight excluding hydrogens is 350 g/mol. The first kappa shape index (κ1) is 18.8. The highest BCUT2D eigenvalue weighted by atomic mass is 32.2. The Morgan fingerprint density at radius 2 is 2.04 bits per heavy atom. The van der Waals surface area contributed by atoms with Crippen molar-refractivity contribution in [3.63, 3.8) is 0 Å². The van der Waals surface area contributed by atoms with Crippen LogP contribution >= 0.6 is 0 Å². The predicted molar refractivity (Wildman–Crippen MR) is 102 cm³/mol. The Hall–Kier alpha value is -2.03. The first-order valence-electron chi connectivity index (χ1n) is 8.68. The van der Waals surface area contributed by atoms with Crippen molar-refractivity contribution in [3.8, 4) is 11.3 Å². The van der Waals surface area contributed by atoms with Crippen LogP contribution in [0.15, 0.2) is 35.4 Å². The van der Waals surface area contributed by atoms with Crippen molar-refractivity contribution in [2.24, 2.45) is 11.1 Å². The predicted octanol–water partition coefficient (Wildman–Crippen LogP) is 1.40. The van der Waals surface area contributed by atoms with Gasteiger partial charge in [-0.15, -0.1) is 0 Å². The van der Waals surface area contributed by atoms with E-state index in [0.29, 0.717) is 35.6 Å². The van der Waals surface area contributed by atoms with Gasteiger partial charge in [-0.2, -0.15) is 0 Å². The smallest absolute Gasteiger partial charge is 0.238 e. The highest BCUT2D eigenvalue weighted by molar-refractivity contribution is 7.89. The SMILES string of the molecule is CC(C)Cc1ccc(-c2ccnc(N(C)C3CNC3)n2)cc1S(N)(=O)=O. The van der Waals surface area contributed by atoms with Gasteiger partial charge in [-0.3, -0.25) is 0 Å². The summed E-state index contributed by atoms with van der Waals surface area (Å²) < 4.78 is 24.1. The van der Waals surface area contributed by atoms with Crippen LogP contribution in [0.2, 0.25) is 0 Å². The number of nitrogens with zero attached hydrogens (tertiary/aromatic N) is 3. The number of likely N-dealkylation sites (N-methyl/N-ethyl adjacent to an activating group) is 1. The number of hydrogen-bond donors (Lipinski definition) is 2. The molecule has 3 N–H and O–H groups in total. The van der Waals surface area contributed by atoms with Crippen LogP contribution in [0.5, 0.6) is 0 Å². The summed E-state index contributed by atoms with van der Waals surface area (Å²) in [7, 11) is -1.84. The lowest BCUT2D eigenvalue weighted by Gasteiger charge is -2.35. The van der Waals surface area contributed by atoms with Gasteiger partial charge in [0.15, 0.2) is 0 Å². The second-order valence-electron chi connectivity index (χ2n) is 7.13. The fourth-order valence-electron chi connectivity index (χ4n) is 2.98. The van der Waals surface area contributed by atoms with E-state index in [0.717, 1.165) is 18.7 Å². The molecule has 140 valence electrons. The molecule has 1 saturated heterocycles. The Morgan fingerprint density at radius 1 is 1.31 bits per heavy atom. The second-order valence-corrected chi connectivity index (χ2v) is 8.66. The summed E-state index contributed by atoms with van der Waals surface area (Å²) in [5.74, 6) is 0.953. The van der Waals surface area contributed by atoms with Crippen LogP contribution in [-0.2, 0) is 16.4 Å². The molecular formula is C18H25N5O2S. The molecule has 8 heteroatoms. The van der Waals surface area contributed by atoms with Gasteiger partial charge in [0.25, 0.3) is 0 Å². The van der Waals surface area contributed by atoms with Crippen LogP contribution in [0.1, 0.15) is 19.4 Å². The van der Waals surface area contributed by atoms with Gasteiger partial charge in [-0.1, -0.05) is 26.0 Å². The second kappa shape index (κ2) is 7.30. The lowest BCUT2D eigenvalue weighted by molar-refractivity contribution is 0.424. The minimum absolute atomic E-state index is 0.167. The lowest BCUT2D eigenvalue weighted by Crippen LogP contribution is -2.56. The normalized spacial score (nSPS) is 15.1. The molecule has 0 amide bonds. The first-order valence-corrected chi connectivity index (χ1v) is 10.2. The number of sulfonamides is 1. The molecule has 0 spiro atoms. The maximum absolute atomic E-state index is 12.1. The van der Waals surface area contributed by atoms with Gasteiger partial charge in [0.05, 0.1) is 16.6 Å². The van der Waals surface area contributed by atoms with E-state index in [1.807, 2.05) is 37.9 Å². The van der Waals surface area contributed by atoms with E-state index in [9.17, 15) is 8.42 Å². The summed E-state index contributed by atoms with van der Waals surface area (Å²) in [6, 6.07) is 7.49. The molecule has 0 radical (unpaired) electrons. The van der Waals surface area contributed by atoms with Crippen molar-refractivity contribution in [3.05, 3.63) is 36.0 Å². The fraction of sp³-hybridized carbons (Fsp3) is 0.444. The molecule has 26 heavy (non-hydrogen) atoms. The van der Waals surface area contributed by atoms with Crippen molar-refractivity contribution in [2.75, 3.05) is 25.0 Å². The van der Waals surface area contributed by atoms with Crippen LogP contribution in [0, 0.1) is 5.92 Å². The van der Waals surface area contributed by atoms with Gasteiger partial charge in [0.2, 0.25) is 16.0 Å². The van der Waals surface area contributed by atoms with E-state index in [-0.39, 0.29) is 4.90 Å². The molecule has 1 aliphatic heterocycles. The van der Waals surface area contributed by atoms with Crippen molar-refractivity contribution in [2.45, 2.75) is 31.2 Å². The number of anilines is 1. The molecule has 1 fully saturated rings. The van der Waals surface area contributed by atoms with E-state index in [1.54, 1.807) is 18.3 Å². The summed E-state index contributed by atoms with van der Waals surface area (Å²) in [4.78, 5) is 11.2. The molecule has 0 aliphatic carbocycles. The lowest BCUT2D eigenvalue weighted by atomic mass is 10.0. The van der Waals surface area contributed by atoms with E-state index in [4.69, 9.17) is 5.14 Å². The minimum Gasteiger partial charge on any atom is -0.338 e. The molecule has 2 heterocycles. The van der Waals surface area contributed by atoms with E-state index < -0.39 is 10.0 Å². The first-order chi connectivity index (χ1) is 12.3. The van der Waals surface area contributed by atoms with E-state index in [2.05, 4.69) is 15.3 Å². The molecule has 0 bridgehead atoms. The summed E-state index contributed by atoms with van der Waals surface area (Å²) in [5, 5.41) is 8.67. The number of hydrogen-bond acceptors (Lipinski definition) is 6. The standard InChI is InChI=1S/C18H25N5O2S/c1-12(2)8-14-5-4-13(9-17(14)26(19,24)25)16-6-7-21-18(22-16)23(3)15-10-20-11-15/h4-7,9,12,15,20H,8,10-11H2,1-3H3,(H2,19,24,25). The third kappa shape index (κ3) is 4.03. The molecule has 1 aliphatic rings. The Labute approximate surface area is 154 Å². The van der Waals surface area contributed by atoms with Gasteiger partial charge >= 0.3 is 0 Å². The van der Waals surface area contributed by atoms with Crippen molar-refractivity contribution < 1.29 is 8.42 Å². The number of aromatic nitrogens is 2. The van der Waals surface area contributed by atoms with Gasteiger partial charge in [-0.05, 0) is 30.0 Å². The monoisotopic (exact) mass is 375 g/mol. The third-order valence-corrected chi connectivity index (χ3v) is 5.56. The minimum atomic E-state index is -3.81. The van der Waals surface area contributed by atoms with Gasteiger partial charge in [0.1, 0.15) is 0 Å². The van der Waals surface area contributed by atoms with Gasteiger partial charge in [0, 0.05) is 31.9 Å². The number of rotatable bonds is 6. The topological polar surface area (TPSA) is 101 Å². The highest BCUT2D eigenvalue weighted by Gasteiger charge is 2.24. The quantitative estimate of drug-likeness (QED) is 0.791. The van der Waals surface area contributed by atoms with Crippen LogP contribution in [0.25, 0.3) is 11.3 Å². The molecule has 1 aromatic carbocycles. The fourth-order valence-corrected chi connectivity index (χ4v) is 3.78. The zero-order valence-corrected chi connectivity index (χ0v) is 16.1. The van der Waals surface area contributed by atoms with Crippen molar-refractivity contribution in [1.82, 2.24) is 15.3 Å². The van der Waals surface area contributed by atoms with E-state index >= 15 is 0 Å². The van der Waals surface area contributed by atoms with Crippen LogP contribution < -0.4 is 15.4 Å². The Morgan fingerprint density at radius 3 is 2.62 bits per heavy atom. The maximum Gasteiger partial charge on any atom is 0.238 e. The summed E-state index contributed by atoms with van der Waals surface area (Å²) in [5.41, 5.74) is 2.12. The maximum atomic E-state index is 12.1. The Balaban J connectivity index is 1.99. The number of nitrogens with one attached hydrogen (secondary N) is 1.